The number of nitrogens with two attached hydrogens (primary N) is 1. The van der Waals surface area contributed by atoms with Crippen molar-refractivity contribution in [1.29, 1.82) is 0 Å². The van der Waals surface area contributed by atoms with Crippen molar-refractivity contribution < 1.29 is 4.39 Å². The van der Waals surface area contributed by atoms with Crippen LogP contribution in [0.4, 0.5) is 10.2 Å². The lowest BCUT2D eigenvalue weighted by atomic mass is 9.84. The van der Waals surface area contributed by atoms with Crippen LogP contribution in [-0.2, 0) is 12.7 Å². The van der Waals surface area contributed by atoms with Crippen LogP contribution < -0.4 is 5.73 Å². The number of nitrogens with zero attached hydrogens (tertiary/aromatic N) is 5. The average molecular weight is 314 g/mol. The number of anilines is 1. The van der Waals surface area contributed by atoms with E-state index in [1.165, 1.54) is 0 Å². The van der Waals surface area contributed by atoms with Gasteiger partial charge in [-0.3, -0.25) is 4.68 Å². The summed E-state index contributed by atoms with van der Waals surface area (Å²) in [5.41, 5.74) is 7.41. The Labute approximate surface area is 133 Å². The number of aromatic nitrogens is 5. The molecule has 0 unspecified atom stereocenters. The molecule has 7 heteroatoms. The molecule has 1 aliphatic carbocycles. The molecular weight excluding hydrogens is 295 g/mol. The molecule has 120 valence electrons. The van der Waals surface area contributed by atoms with E-state index in [0.717, 1.165) is 30.4 Å². The molecule has 0 bridgehead atoms. The number of alkyl halides is 1. The molecular formula is C16H19FN6. The minimum atomic E-state index is -1.38. The smallest absolute Gasteiger partial charge is 0.165 e. The summed E-state index contributed by atoms with van der Waals surface area (Å²) in [6.45, 7) is 0. The fraction of sp³-hybridized carbons (Fsp3) is 0.438. The van der Waals surface area contributed by atoms with Crippen LogP contribution >= 0.6 is 0 Å². The number of rotatable bonds is 2. The first-order valence-electron chi connectivity index (χ1n) is 7.89. The molecule has 3 aromatic heterocycles. The second-order valence-electron chi connectivity index (χ2n) is 6.29. The number of halogens is 1. The van der Waals surface area contributed by atoms with E-state index in [9.17, 15) is 0 Å². The molecule has 1 fully saturated rings. The SMILES string of the molecule is Cn1cc(-c2cnn3c(N)cc(C4(F)CCCCC4)nc23)cn1. The van der Waals surface area contributed by atoms with Crippen molar-refractivity contribution in [2.45, 2.75) is 37.8 Å². The Morgan fingerprint density at radius 2 is 1.96 bits per heavy atom. The number of hydrogen-bond acceptors (Lipinski definition) is 4. The van der Waals surface area contributed by atoms with Gasteiger partial charge in [-0.2, -0.15) is 14.7 Å². The zero-order valence-corrected chi connectivity index (χ0v) is 13.0. The van der Waals surface area contributed by atoms with Crippen LogP contribution in [-0.4, -0.2) is 24.4 Å². The highest BCUT2D eigenvalue weighted by molar-refractivity contribution is 5.77. The predicted molar refractivity (Wildman–Crippen MR) is 85.5 cm³/mol. The first-order chi connectivity index (χ1) is 11.1. The van der Waals surface area contributed by atoms with Crippen molar-refractivity contribution >= 4 is 11.5 Å². The number of hydrogen-bond donors (Lipinski definition) is 1. The van der Waals surface area contributed by atoms with Gasteiger partial charge in [0.05, 0.1) is 18.1 Å². The highest BCUT2D eigenvalue weighted by Crippen LogP contribution is 2.41. The molecule has 0 spiro atoms. The minimum Gasteiger partial charge on any atom is -0.384 e. The van der Waals surface area contributed by atoms with Gasteiger partial charge in [-0.15, -0.1) is 0 Å². The fourth-order valence-corrected chi connectivity index (χ4v) is 3.35. The van der Waals surface area contributed by atoms with Crippen molar-refractivity contribution in [2.75, 3.05) is 5.73 Å². The summed E-state index contributed by atoms with van der Waals surface area (Å²) in [6, 6.07) is 1.62. The number of fused-ring (bicyclic) bond motifs is 1. The highest BCUT2D eigenvalue weighted by Gasteiger charge is 2.36. The van der Waals surface area contributed by atoms with Crippen molar-refractivity contribution in [3.8, 4) is 11.1 Å². The van der Waals surface area contributed by atoms with Gasteiger partial charge in [-0.25, -0.2) is 9.37 Å². The molecule has 3 aromatic rings. The molecule has 1 saturated carbocycles. The first kappa shape index (κ1) is 14.2. The molecule has 6 nitrogen and oxygen atoms in total. The summed E-state index contributed by atoms with van der Waals surface area (Å²) in [7, 11) is 1.85. The van der Waals surface area contributed by atoms with E-state index in [-0.39, 0.29) is 0 Å². The second kappa shape index (κ2) is 5.04. The van der Waals surface area contributed by atoms with Gasteiger partial charge in [0.15, 0.2) is 11.3 Å². The molecule has 4 rings (SSSR count). The first-order valence-corrected chi connectivity index (χ1v) is 7.89. The maximum Gasteiger partial charge on any atom is 0.165 e. The Morgan fingerprint density at radius 3 is 2.65 bits per heavy atom. The maximum absolute atomic E-state index is 15.3. The monoisotopic (exact) mass is 314 g/mol. The Morgan fingerprint density at radius 1 is 1.17 bits per heavy atom. The van der Waals surface area contributed by atoms with E-state index >= 15 is 4.39 Å². The zero-order chi connectivity index (χ0) is 16.0. The molecule has 0 saturated heterocycles. The second-order valence-corrected chi connectivity index (χ2v) is 6.29. The Balaban J connectivity index is 1.88. The standard InChI is InChI=1S/C16H19FN6/c1-22-10-11(8-19-22)12-9-20-23-14(18)7-13(21-15(12)23)16(17)5-3-2-4-6-16/h7-10H,2-6,18H2,1H3. The van der Waals surface area contributed by atoms with Gasteiger partial charge in [-0.1, -0.05) is 6.42 Å². The third-order valence-electron chi connectivity index (χ3n) is 4.62. The molecule has 3 heterocycles. The van der Waals surface area contributed by atoms with E-state index in [2.05, 4.69) is 15.2 Å². The van der Waals surface area contributed by atoms with E-state index in [1.54, 1.807) is 27.7 Å². The predicted octanol–water partition coefficient (Wildman–Crippen LogP) is 2.84. The quantitative estimate of drug-likeness (QED) is 0.789. The Kier molecular flexibility index (Phi) is 3.11. The van der Waals surface area contributed by atoms with Gasteiger partial charge in [0.1, 0.15) is 5.82 Å². The third-order valence-corrected chi connectivity index (χ3v) is 4.62. The van der Waals surface area contributed by atoms with Crippen LogP contribution in [0.2, 0.25) is 0 Å². The summed E-state index contributed by atoms with van der Waals surface area (Å²) < 4.78 is 18.6. The van der Waals surface area contributed by atoms with Gasteiger partial charge in [0, 0.05) is 30.4 Å². The summed E-state index contributed by atoms with van der Waals surface area (Å²) in [5.74, 6) is 0.405. The maximum atomic E-state index is 15.3. The lowest BCUT2D eigenvalue weighted by Gasteiger charge is -2.29. The van der Waals surface area contributed by atoms with Crippen LogP contribution in [0.3, 0.4) is 0 Å². The zero-order valence-electron chi connectivity index (χ0n) is 13.0. The Hall–Kier alpha value is -2.44. The third kappa shape index (κ3) is 2.27. The van der Waals surface area contributed by atoms with Crippen molar-refractivity contribution in [2.24, 2.45) is 7.05 Å². The van der Waals surface area contributed by atoms with Crippen molar-refractivity contribution in [1.82, 2.24) is 24.4 Å². The lowest BCUT2D eigenvalue weighted by Crippen LogP contribution is -2.25. The van der Waals surface area contributed by atoms with E-state index < -0.39 is 5.67 Å². The van der Waals surface area contributed by atoms with Gasteiger partial charge < -0.3 is 5.73 Å². The van der Waals surface area contributed by atoms with Crippen LogP contribution in [0.15, 0.2) is 24.7 Å². The lowest BCUT2D eigenvalue weighted by molar-refractivity contribution is 0.101. The molecule has 2 N–H and O–H groups in total. The van der Waals surface area contributed by atoms with Crippen LogP contribution in [0.5, 0.6) is 0 Å². The summed E-state index contributed by atoms with van der Waals surface area (Å²) in [6.07, 6.45) is 9.19. The molecule has 0 aromatic carbocycles. The fourth-order valence-electron chi connectivity index (χ4n) is 3.35. The summed E-state index contributed by atoms with van der Waals surface area (Å²) >= 11 is 0. The van der Waals surface area contributed by atoms with E-state index in [0.29, 0.717) is 30.0 Å². The van der Waals surface area contributed by atoms with E-state index in [4.69, 9.17) is 5.73 Å². The Bertz CT molecular complexity index is 859. The normalized spacial score (nSPS) is 17.7. The molecule has 0 radical (unpaired) electrons. The largest absolute Gasteiger partial charge is 0.384 e. The average Bonchev–Trinajstić information content (AvgIpc) is 3.14. The molecule has 0 aliphatic heterocycles. The molecule has 23 heavy (non-hydrogen) atoms. The van der Waals surface area contributed by atoms with Crippen molar-refractivity contribution in [3.63, 3.8) is 0 Å². The van der Waals surface area contributed by atoms with Crippen LogP contribution in [0, 0.1) is 0 Å². The van der Waals surface area contributed by atoms with Crippen LogP contribution in [0.25, 0.3) is 16.8 Å². The van der Waals surface area contributed by atoms with E-state index in [1.807, 2.05) is 13.2 Å². The topological polar surface area (TPSA) is 74.0 Å². The number of nitrogen functional groups attached to an aromatic ring is 1. The highest BCUT2D eigenvalue weighted by atomic mass is 19.1. The molecule has 0 atom stereocenters. The van der Waals surface area contributed by atoms with Crippen molar-refractivity contribution in [3.05, 3.63) is 30.4 Å². The summed E-state index contributed by atoms with van der Waals surface area (Å²) in [4.78, 5) is 4.59. The van der Waals surface area contributed by atoms with Gasteiger partial charge in [0.2, 0.25) is 0 Å². The minimum absolute atomic E-state index is 0.405. The van der Waals surface area contributed by atoms with Gasteiger partial charge >= 0.3 is 0 Å². The van der Waals surface area contributed by atoms with Gasteiger partial charge in [0.25, 0.3) is 0 Å². The summed E-state index contributed by atoms with van der Waals surface area (Å²) in [5, 5.41) is 8.46. The molecule has 0 amide bonds. The molecule has 1 aliphatic rings. The van der Waals surface area contributed by atoms with Gasteiger partial charge in [-0.05, 0) is 25.7 Å². The number of aryl methyl sites for hydroxylation is 1. The van der Waals surface area contributed by atoms with Crippen LogP contribution in [0.1, 0.15) is 37.8 Å².